The van der Waals surface area contributed by atoms with Gasteiger partial charge in [-0.2, -0.15) is 0 Å². The van der Waals surface area contributed by atoms with Crippen LogP contribution in [0.5, 0.6) is 0 Å². The topological polar surface area (TPSA) is 73.3 Å². The highest BCUT2D eigenvalue weighted by molar-refractivity contribution is 7.19. The zero-order valence-corrected chi connectivity index (χ0v) is 29.4. The Bertz CT molecular complexity index is 1610. The fraction of sp³-hybridized carbons (Fsp3) is 0.657. The molecule has 8 nitrogen and oxygen atoms in total. The summed E-state index contributed by atoms with van der Waals surface area (Å²) in [6, 6.07) is 2.66. The number of aryl methyl sites for hydroxylation is 4. The first-order valence-corrected chi connectivity index (χ1v) is 18.9. The van der Waals surface area contributed by atoms with Gasteiger partial charge in [0.05, 0.1) is 10.8 Å². The molecule has 8 rings (SSSR count). The molecule has 45 heavy (non-hydrogen) atoms. The predicted octanol–water partition coefficient (Wildman–Crippen LogP) is 6.64. The second-order valence-corrected chi connectivity index (χ2v) is 16.1. The van der Waals surface area contributed by atoms with Gasteiger partial charge in [0.15, 0.2) is 0 Å². The Labute approximate surface area is 276 Å². The van der Waals surface area contributed by atoms with Gasteiger partial charge in [-0.3, -0.25) is 0 Å². The van der Waals surface area contributed by atoms with Gasteiger partial charge in [0.1, 0.15) is 34.0 Å². The summed E-state index contributed by atoms with van der Waals surface area (Å²) in [7, 11) is 11.0. The van der Waals surface area contributed by atoms with E-state index in [1.54, 1.807) is 22.4 Å². The third kappa shape index (κ3) is 6.08. The molecule has 0 atom stereocenters. The monoisotopic (exact) mass is 646 g/mol. The van der Waals surface area contributed by atoms with Crippen molar-refractivity contribution in [3.63, 3.8) is 0 Å². The van der Waals surface area contributed by atoms with Crippen molar-refractivity contribution in [2.24, 2.45) is 0 Å². The van der Waals surface area contributed by atoms with Crippen LogP contribution in [0.15, 0.2) is 12.7 Å². The zero-order chi connectivity index (χ0) is 31.1. The number of anilines is 2. The molecule has 10 heteroatoms. The second-order valence-electron chi connectivity index (χ2n) is 13.9. The molecule has 4 aliphatic rings. The number of thiophene rings is 2. The van der Waals surface area contributed by atoms with Crippen LogP contribution in [-0.2, 0) is 25.7 Å². The summed E-state index contributed by atoms with van der Waals surface area (Å²) < 4.78 is 0. The molecule has 4 heterocycles. The van der Waals surface area contributed by atoms with Crippen LogP contribution in [0, 0.1) is 0 Å². The largest absolute Gasteiger partial charge is 0.356 e. The summed E-state index contributed by atoms with van der Waals surface area (Å²) >= 11 is 3.77. The molecule has 0 saturated heterocycles. The molecule has 4 aromatic rings. The molecule has 0 spiro atoms. The first-order valence-electron chi connectivity index (χ1n) is 17.2. The van der Waals surface area contributed by atoms with Crippen molar-refractivity contribution in [1.29, 1.82) is 0 Å². The quantitative estimate of drug-likeness (QED) is 0.250. The van der Waals surface area contributed by atoms with E-state index < -0.39 is 0 Å². The van der Waals surface area contributed by atoms with Gasteiger partial charge in [0, 0.05) is 48.0 Å². The highest BCUT2D eigenvalue weighted by Crippen LogP contribution is 2.42. The minimum atomic E-state index is 0.611. The normalized spacial score (nSPS) is 24.5. The van der Waals surface area contributed by atoms with Crippen molar-refractivity contribution in [3.05, 3.63) is 33.5 Å². The number of nitrogens with one attached hydrogen (secondary N) is 1. The summed E-state index contributed by atoms with van der Waals surface area (Å²) in [5.41, 5.74) is 3.07. The number of fused-ring (bicyclic) bond motifs is 6. The second kappa shape index (κ2) is 13.4. The number of hydrogen-bond acceptors (Lipinski definition) is 10. The van der Waals surface area contributed by atoms with E-state index in [-0.39, 0.29) is 0 Å². The van der Waals surface area contributed by atoms with Crippen LogP contribution in [-0.4, -0.2) is 84.2 Å². The van der Waals surface area contributed by atoms with Crippen LogP contribution >= 0.6 is 22.7 Å². The average Bonchev–Trinajstić information content (AvgIpc) is 3.86. The Morgan fingerprint density at radius 1 is 0.600 bits per heavy atom. The lowest BCUT2D eigenvalue weighted by molar-refractivity contribution is 0.215. The van der Waals surface area contributed by atoms with E-state index in [0.717, 1.165) is 11.9 Å². The van der Waals surface area contributed by atoms with Crippen molar-refractivity contribution >= 4 is 54.7 Å². The Balaban J connectivity index is 0.000000145. The van der Waals surface area contributed by atoms with Gasteiger partial charge >= 0.3 is 0 Å². The molecule has 2 saturated carbocycles. The van der Waals surface area contributed by atoms with Crippen LogP contribution in [0.2, 0.25) is 0 Å². The fourth-order valence-electron chi connectivity index (χ4n) is 8.42. The molecule has 2 fully saturated rings. The third-order valence-corrected chi connectivity index (χ3v) is 13.6. The lowest BCUT2D eigenvalue weighted by Gasteiger charge is -2.37. The van der Waals surface area contributed by atoms with Gasteiger partial charge in [-0.15, -0.1) is 22.7 Å². The average molecular weight is 647 g/mol. The Morgan fingerprint density at radius 3 is 1.49 bits per heavy atom. The van der Waals surface area contributed by atoms with Crippen LogP contribution in [0.3, 0.4) is 0 Å². The van der Waals surface area contributed by atoms with E-state index >= 15 is 0 Å². The Hall–Kier alpha value is -2.40. The zero-order valence-electron chi connectivity index (χ0n) is 27.8. The molecule has 0 aliphatic heterocycles. The number of aromatic nitrogens is 4. The van der Waals surface area contributed by atoms with E-state index in [2.05, 4.69) is 70.2 Å². The van der Waals surface area contributed by atoms with Gasteiger partial charge in [-0.1, -0.05) is 0 Å². The summed E-state index contributed by atoms with van der Waals surface area (Å²) in [5.74, 6) is 2.33. The summed E-state index contributed by atoms with van der Waals surface area (Å²) in [4.78, 5) is 31.2. The molecule has 0 bridgehead atoms. The molecule has 242 valence electrons. The molecule has 4 aliphatic carbocycles. The molecule has 0 radical (unpaired) electrons. The summed E-state index contributed by atoms with van der Waals surface area (Å²) in [6.45, 7) is 0. The Morgan fingerprint density at radius 2 is 1.04 bits per heavy atom. The first kappa shape index (κ1) is 31.2. The molecule has 0 aromatic carbocycles. The van der Waals surface area contributed by atoms with Crippen LogP contribution < -0.4 is 15.1 Å². The molecular formula is C35H50N8S2. The minimum Gasteiger partial charge on any atom is -0.356 e. The molecule has 0 amide bonds. The minimum absolute atomic E-state index is 0.611. The van der Waals surface area contributed by atoms with E-state index in [1.807, 2.05) is 22.7 Å². The number of rotatable bonds is 6. The number of hydrogen-bond donors (Lipinski definition) is 1. The van der Waals surface area contributed by atoms with Crippen molar-refractivity contribution in [3.8, 4) is 0 Å². The van der Waals surface area contributed by atoms with Crippen LogP contribution in [0.25, 0.3) is 20.4 Å². The lowest BCUT2D eigenvalue weighted by atomic mass is 9.89. The van der Waals surface area contributed by atoms with Gasteiger partial charge in [-0.05, 0) is 122 Å². The van der Waals surface area contributed by atoms with Gasteiger partial charge < -0.3 is 20.0 Å². The van der Waals surface area contributed by atoms with Crippen molar-refractivity contribution < 1.29 is 0 Å². The van der Waals surface area contributed by atoms with Crippen LogP contribution in [0.1, 0.15) is 85.1 Å². The first-order chi connectivity index (χ1) is 21.9. The van der Waals surface area contributed by atoms with E-state index in [4.69, 9.17) is 4.98 Å². The van der Waals surface area contributed by atoms with Crippen LogP contribution in [0.4, 0.5) is 11.6 Å². The lowest BCUT2D eigenvalue weighted by Crippen LogP contribution is -2.40. The summed E-state index contributed by atoms with van der Waals surface area (Å²) in [5, 5.41) is 6.12. The SMILES string of the molecule is CN(C)C1CCC(N(C)c2ncnc3sc4c(c23)CCC4)CC1.CNC1CCC(N(C)c2ncnc3sc4c(c23)CCC4)CC1. The molecule has 1 N–H and O–H groups in total. The van der Waals surface area contributed by atoms with Gasteiger partial charge in [0.2, 0.25) is 0 Å². The maximum atomic E-state index is 4.70. The highest BCUT2D eigenvalue weighted by Gasteiger charge is 2.30. The molecular weight excluding hydrogens is 597 g/mol. The van der Waals surface area contributed by atoms with Gasteiger partial charge in [0.25, 0.3) is 0 Å². The molecule has 4 aromatic heterocycles. The van der Waals surface area contributed by atoms with E-state index in [1.165, 1.54) is 127 Å². The maximum absolute atomic E-state index is 4.70. The predicted molar refractivity (Wildman–Crippen MR) is 191 cm³/mol. The van der Waals surface area contributed by atoms with Crippen molar-refractivity contribution in [2.75, 3.05) is 45.0 Å². The summed E-state index contributed by atoms with van der Waals surface area (Å²) in [6.07, 6.45) is 21.1. The van der Waals surface area contributed by atoms with Crippen molar-refractivity contribution in [1.82, 2.24) is 30.2 Å². The van der Waals surface area contributed by atoms with Crippen molar-refractivity contribution in [2.45, 2.75) is 114 Å². The third-order valence-electron chi connectivity index (χ3n) is 11.2. The fourth-order valence-corrected chi connectivity index (χ4v) is 10.9. The van der Waals surface area contributed by atoms with E-state index in [9.17, 15) is 0 Å². The van der Waals surface area contributed by atoms with Gasteiger partial charge in [-0.25, -0.2) is 19.9 Å². The maximum Gasteiger partial charge on any atom is 0.141 e. The highest BCUT2D eigenvalue weighted by atomic mass is 32.1. The smallest absolute Gasteiger partial charge is 0.141 e. The standard InChI is InChI=1S/C18H26N4S.C17H24N4S/c1-21(2)12-7-9-13(10-8-12)22(3)17-16-14-5-4-6-15(14)23-18(16)20-11-19-17;1-18-11-6-8-12(9-7-11)21(2)16-15-13-4-3-5-14(13)22-17(15)20-10-19-16/h11-13H,4-10H2,1-3H3;10-12,18H,3-9H2,1-2H3. The van der Waals surface area contributed by atoms with E-state index in [0.29, 0.717) is 18.1 Å². The number of nitrogens with zero attached hydrogens (tertiary/aromatic N) is 7. The molecule has 0 unspecified atom stereocenters. The Kier molecular flexibility index (Phi) is 9.28.